The molecule has 1 aliphatic rings. The van der Waals surface area contributed by atoms with Gasteiger partial charge in [0.05, 0.1) is 18.5 Å². The molecule has 2 unspecified atom stereocenters. The SMILES string of the molecule is O=C(N(Cc1cccc(Cl)c1)Cc1cccc(Cl)c1)N1CCC(O)(Cn2ccnc2)C(Cc2ccccc2)C1. The Morgan fingerprint density at radius 3 is 2.18 bits per heavy atom. The molecule has 2 heterocycles. The highest BCUT2D eigenvalue weighted by Gasteiger charge is 2.43. The lowest BCUT2D eigenvalue weighted by atomic mass is 9.77. The molecular formula is C31H32Cl2N4O2. The Balaban J connectivity index is 1.40. The van der Waals surface area contributed by atoms with Crippen LogP contribution in [-0.2, 0) is 26.1 Å². The van der Waals surface area contributed by atoms with E-state index in [9.17, 15) is 9.90 Å². The van der Waals surface area contributed by atoms with Gasteiger partial charge in [-0.1, -0.05) is 77.8 Å². The summed E-state index contributed by atoms with van der Waals surface area (Å²) in [6.45, 7) is 2.15. The first-order valence-electron chi connectivity index (χ1n) is 13.1. The lowest BCUT2D eigenvalue weighted by Gasteiger charge is -2.46. The molecule has 0 bridgehead atoms. The highest BCUT2D eigenvalue weighted by molar-refractivity contribution is 6.30. The minimum Gasteiger partial charge on any atom is -0.388 e. The average molecular weight is 564 g/mol. The smallest absolute Gasteiger partial charge is 0.320 e. The molecule has 39 heavy (non-hydrogen) atoms. The molecule has 0 aliphatic carbocycles. The third-order valence-electron chi connectivity index (χ3n) is 7.42. The zero-order valence-corrected chi connectivity index (χ0v) is 23.2. The molecule has 2 atom stereocenters. The zero-order chi connectivity index (χ0) is 27.2. The molecule has 4 aromatic rings. The molecule has 0 spiro atoms. The van der Waals surface area contributed by atoms with Gasteiger partial charge in [0.1, 0.15) is 0 Å². The summed E-state index contributed by atoms with van der Waals surface area (Å²) in [4.78, 5) is 22.0. The van der Waals surface area contributed by atoms with Crippen molar-refractivity contribution in [3.05, 3.63) is 124 Å². The summed E-state index contributed by atoms with van der Waals surface area (Å²) in [7, 11) is 0. The van der Waals surface area contributed by atoms with Crippen molar-refractivity contribution in [2.75, 3.05) is 13.1 Å². The second kappa shape index (κ2) is 12.2. The zero-order valence-electron chi connectivity index (χ0n) is 21.7. The molecule has 1 N–H and O–H groups in total. The molecule has 0 radical (unpaired) electrons. The van der Waals surface area contributed by atoms with Crippen molar-refractivity contribution in [3.8, 4) is 0 Å². The summed E-state index contributed by atoms with van der Waals surface area (Å²) < 4.78 is 1.92. The molecule has 202 valence electrons. The number of likely N-dealkylation sites (tertiary alicyclic amines) is 1. The van der Waals surface area contributed by atoms with E-state index in [0.717, 1.165) is 16.7 Å². The average Bonchev–Trinajstić information content (AvgIpc) is 3.43. The third-order valence-corrected chi connectivity index (χ3v) is 7.89. The van der Waals surface area contributed by atoms with Crippen LogP contribution < -0.4 is 0 Å². The number of hydrogen-bond donors (Lipinski definition) is 1. The topological polar surface area (TPSA) is 61.6 Å². The van der Waals surface area contributed by atoms with Crippen LogP contribution in [0.2, 0.25) is 10.0 Å². The summed E-state index contributed by atoms with van der Waals surface area (Å²) in [6.07, 6.45) is 6.45. The summed E-state index contributed by atoms with van der Waals surface area (Å²) >= 11 is 12.5. The van der Waals surface area contributed by atoms with Crippen molar-refractivity contribution in [2.24, 2.45) is 5.92 Å². The van der Waals surface area contributed by atoms with E-state index in [1.165, 1.54) is 0 Å². The molecule has 2 amide bonds. The first kappa shape index (κ1) is 27.3. The van der Waals surface area contributed by atoms with Crippen molar-refractivity contribution in [3.63, 3.8) is 0 Å². The number of aromatic nitrogens is 2. The number of amides is 2. The monoisotopic (exact) mass is 562 g/mol. The van der Waals surface area contributed by atoms with Crippen molar-refractivity contribution in [2.45, 2.75) is 38.1 Å². The van der Waals surface area contributed by atoms with Gasteiger partial charge in [-0.3, -0.25) is 0 Å². The van der Waals surface area contributed by atoms with Crippen LogP contribution in [0.4, 0.5) is 4.79 Å². The largest absolute Gasteiger partial charge is 0.388 e. The normalized spacial score (nSPS) is 19.2. The summed E-state index contributed by atoms with van der Waals surface area (Å²) in [5, 5.41) is 13.2. The van der Waals surface area contributed by atoms with Gasteiger partial charge in [-0.25, -0.2) is 9.78 Å². The van der Waals surface area contributed by atoms with Crippen molar-refractivity contribution in [1.29, 1.82) is 0 Å². The van der Waals surface area contributed by atoms with Gasteiger partial charge in [-0.15, -0.1) is 0 Å². The maximum Gasteiger partial charge on any atom is 0.320 e. The Kier molecular flexibility index (Phi) is 8.56. The molecule has 1 saturated heterocycles. The second-order valence-corrected chi connectivity index (χ2v) is 11.2. The number of aliphatic hydroxyl groups is 1. The molecule has 1 fully saturated rings. The second-order valence-electron chi connectivity index (χ2n) is 10.3. The minimum atomic E-state index is -0.974. The van der Waals surface area contributed by atoms with Crippen molar-refractivity contribution >= 4 is 29.2 Å². The summed E-state index contributed by atoms with van der Waals surface area (Å²) in [6, 6.07) is 25.2. The predicted molar refractivity (Wildman–Crippen MR) is 155 cm³/mol. The standard InChI is InChI=1S/C31H32Cl2N4O2/c32-28-10-4-8-25(17-28)19-37(20-26-9-5-11-29(33)18-26)30(38)36-14-12-31(39,22-35-15-13-34-23-35)27(21-36)16-24-6-2-1-3-7-24/h1-11,13,15,17-18,23,27,39H,12,14,16,19-22H2. The van der Waals surface area contributed by atoms with E-state index in [-0.39, 0.29) is 11.9 Å². The maximum atomic E-state index is 14.1. The highest BCUT2D eigenvalue weighted by atomic mass is 35.5. The van der Waals surface area contributed by atoms with E-state index < -0.39 is 5.60 Å². The number of urea groups is 1. The van der Waals surface area contributed by atoms with E-state index in [1.807, 2.05) is 87.3 Å². The van der Waals surface area contributed by atoms with Crippen LogP contribution in [0.25, 0.3) is 0 Å². The lowest BCUT2D eigenvalue weighted by Crippen LogP contribution is -2.57. The number of piperidine rings is 1. The number of halogens is 2. The Morgan fingerprint density at radius 1 is 0.949 bits per heavy atom. The molecule has 1 aliphatic heterocycles. The van der Waals surface area contributed by atoms with Gasteiger partial charge in [0.2, 0.25) is 0 Å². The number of hydrogen-bond acceptors (Lipinski definition) is 3. The molecule has 3 aromatic carbocycles. The molecule has 1 aromatic heterocycles. The van der Waals surface area contributed by atoms with Gasteiger partial charge in [0.15, 0.2) is 0 Å². The van der Waals surface area contributed by atoms with E-state index in [2.05, 4.69) is 17.1 Å². The first-order valence-corrected chi connectivity index (χ1v) is 13.9. The fourth-order valence-corrected chi connectivity index (χ4v) is 5.82. The number of carbonyl (C=O) groups is 1. The van der Waals surface area contributed by atoms with Gasteiger partial charge in [0, 0.05) is 54.5 Å². The van der Waals surface area contributed by atoms with Crippen LogP contribution in [0.15, 0.2) is 97.6 Å². The van der Waals surface area contributed by atoms with Crippen LogP contribution in [0.1, 0.15) is 23.1 Å². The Labute approximate surface area is 239 Å². The van der Waals surface area contributed by atoms with Gasteiger partial charge < -0.3 is 19.5 Å². The van der Waals surface area contributed by atoms with E-state index in [0.29, 0.717) is 55.6 Å². The summed E-state index contributed by atoms with van der Waals surface area (Å²) in [5.41, 5.74) is 2.06. The Bertz CT molecular complexity index is 1330. The van der Waals surface area contributed by atoms with Crippen LogP contribution in [0.3, 0.4) is 0 Å². The number of carbonyl (C=O) groups excluding carboxylic acids is 1. The Hall–Kier alpha value is -3.32. The van der Waals surface area contributed by atoms with Crippen LogP contribution in [0.5, 0.6) is 0 Å². The van der Waals surface area contributed by atoms with Gasteiger partial charge in [-0.2, -0.15) is 0 Å². The third kappa shape index (κ3) is 7.01. The number of rotatable bonds is 8. The van der Waals surface area contributed by atoms with Crippen LogP contribution in [0, 0.1) is 5.92 Å². The van der Waals surface area contributed by atoms with Crippen molar-refractivity contribution < 1.29 is 9.90 Å². The molecule has 5 rings (SSSR count). The van der Waals surface area contributed by atoms with E-state index in [4.69, 9.17) is 23.2 Å². The molecule has 8 heteroatoms. The quantitative estimate of drug-likeness (QED) is 0.274. The molecular weight excluding hydrogens is 531 g/mol. The van der Waals surface area contributed by atoms with Crippen LogP contribution >= 0.6 is 23.2 Å². The van der Waals surface area contributed by atoms with Gasteiger partial charge >= 0.3 is 6.03 Å². The summed E-state index contributed by atoms with van der Waals surface area (Å²) in [5.74, 6) is -0.154. The van der Waals surface area contributed by atoms with E-state index >= 15 is 0 Å². The van der Waals surface area contributed by atoms with E-state index in [1.54, 1.807) is 12.5 Å². The molecule has 6 nitrogen and oxygen atoms in total. The number of benzene rings is 3. The lowest BCUT2D eigenvalue weighted by molar-refractivity contribution is -0.0769. The predicted octanol–water partition coefficient (Wildman–Crippen LogP) is 6.31. The fraction of sp³-hybridized carbons (Fsp3) is 0.290. The highest BCUT2D eigenvalue weighted by Crippen LogP contribution is 2.33. The Morgan fingerprint density at radius 2 is 1.59 bits per heavy atom. The minimum absolute atomic E-state index is 0.0716. The number of nitrogens with zero attached hydrogens (tertiary/aromatic N) is 4. The van der Waals surface area contributed by atoms with Gasteiger partial charge in [0.25, 0.3) is 0 Å². The fourth-order valence-electron chi connectivity index (χ4n) is 5.39. The first-order chi connectivity index (χ1) is 18.9. The molecule has 0 saturated carbocycles. The van der Waals surface area contributed by atoms with Crippen LogP contribution in [-0.4, -0.2) is 49.2 Å². The maximum absolute atomic E-state index is 14.1. The number of imidazole rings is 1. The van der Waals surface area contributed by atoms with Crippen molar-refractivity contribution in [1.82, 2.24) is 19.4 Å². The van der Waals surface area contributed by atoms with Gasteiger partial charge in [-0.05, 0) is 53.8 Å².